The molecule has 2 unspecified atom stereocenters. The van der Waals surface area contributed by atoms with Crippen molar-refractivity contribution in [3.8, 4) is 0 Å². The largest absolute Gasteiger partial charge is 0.338 e. The van der Waals surface area contributed by atoms with E-state index < -0.39 is 0 Å². The van der Waals surface area contributed by atoms with E-state index >= 15 is 0 Å². The van der Waals surface area contributed by atoms with E-state index in [0.29, 0.717) is 11.3 Å². The summed E-state index contributed by atoms with van der Waals surface area (Å²) >= 11 is 1.96. The zero-order valence-electron chi connectivity index (χ0n) is 9.32. The third-order valence-electron chi connectivity index (χ3n) is 3.28. The second kappa shape index (κ2) is 4.75. The highest BCUT2D eigenvalue weighted by Crippen LogP contribution is 2.37. The molecule has 4 nitrogen and oxygen atoms in total. The Balaban J connectivity index is 1.71. The number of rotatable bonds is 2. The molecule has 2 fully saturated rings. The van der Waals surface area contributed by atoms with Gasteiger partial charge in [0, 0.05) is 0 Å². The summed E-state index contributed by atoms with van der Waals surface area (Å²) in [6.07, 6.45) is 6.15. The van der Waals surface area contributed by atoms with Crippen LogP contribution in [0.1, 0.15) is 55.1 Å². The molecule has 88 valence electrons. The lowest BCUT2D eigenvalue weighted by atomic mass is 10.2. The molecule has 16 heavy (non-hydrogen) atoms. The quantitative estimate of drug-likeness (QED) is 0.859. The maximum atomic E-state index is 5.39. The Morgan fingerprint density at radius 2 is 2.25 bits per heavy atom. The fourth-order valence-corrected chi connectivity index (χ4v) is 3.59. The lowest BCUT2D eigenvalue weighted by Gasteiger charge is -2.16. The van der Waals surface area contributed by atoms with Gasteiger partial charge in [0.15, 0.2) is 5.82 Å². The van der Waals surface area contributed by atoms with Crippen LogP contribution in [0.2, 0.25) is 0 Å². The molecule has 1 N–H and O–H groups in total. The normalized spacial score (nSPS) is 30.8. The van der Waals surface area contributed by atoms with Crippen molar-refractivity contribution in [2.45, 2.75) is 43.4 Å². The fourth-order valence-electron chi connectivity index (χ4n) is 2.36. The number of thioether (sulfide) groups is 1. The Bertz CT molecular complexity index is 343. The minimum Gasteiger partial charge on any atom is -0.338 e. The zero-order valence-corrected chi connectivity index (χ0v) is 10.1. The van der Waals surface area contributed by atoms with Gasteiger partial charge in [0.05, 0.1) is 11.3 Å². The first-order valence-electron chi connectivity index (χ1n) is 6.12. The average Bonchev–Trinajstić information content (AvgIpc) is 3.01. The third kappa shape index (κ3) is 2.11. The maximum absolute atomic E-state index is 5.39. The van der Waals surface area contributed by atoms with E-state index in [-0.39, 0.29) is 0 Å². The minimum absolute atomic E-state index is 0.325. The summed E-state index contributed by atoms with van der Waals surface area (Å²) in [5.41, 5.74) is 0. The Kier molecular flexibility index (Phi) is 3.15. The smallest absolute Gasteiger partial charge is 0.239 e. The predicted octanol–water partition coefficient (Wildman–Crippen LogP) is 2.45. The van der Waals surface area contributed by atoms with Crippen LogP contribution in [-0.2, 0) is 0 Å². The highest BCUT2D eigenvalue weighted by molar-refractivity contribution is 7.99. The summed E-state index contributed by atoms with van der Waals surface area (Å²) in [6, 6.07) is 0.325. The molecule has 0 aliphatic carbocycles. The molecule has 2 aliphatic heterocycles. The second-order valence-corrected chi connectivity index (χ2v) is 5.81. The van der Waals surface area contributed by atoms with Crippen molar-refractivity contribution in [1.29, 1.82) is 0 Å². The van der Waals surface area contributed by atoms with Gasteiger partial charge >= 0.3 is 0 Å². The summed E-state index contributed by atoms with van der Waals surface area (Å²) in [4.78, 5) is 4.55. The summed E-state index contributed by atoms with van der Waals surface area (Å²) in [7, 11) is 0. The van der Waals surface area contributed by atoms with Gasteiger partial charge in [-0.25, -0.2) is 0 Å². The molecule has 2 atom stereocenters. The van der Waals surface area contributed by atoms with Gasteiger partial charge in [-0.15, -0.1) is 11.8 Å². The van der Waals surface area contributed by atoms with Crippen molar-refractivity contribution >= 4 is 11.8 Å². The van der Waals surface area contributed by atoms with Crippen molar-refractivity contribution in [3.63, 3.8) is 0 Å². The van der Waals surface area contributed by atoms with Crippen molar-refractivity contribution in [3.05, 3.63) is 11.7 Å². The van der Waals surface area contributed by atoms with E-state index in [1.165, 1.54) is 31.4 Å². The van der Waals surface area contributed by atoms with E-state index in [1.807, 2.05) is 11.8 Å². The number of nitrogens with one attached hydrogen (secondary N) is 1. The molecule has 5 heteroatoms. The highest BCUT2D eigenvalue weighted by Gasteiger charge is 2.26. The van der Waals surface area contributed by atoms with E-state index in [1.54, 1.807) is 0 Å². The van der Waals surface area contributed by atoms with E-state index in [4.69, 9.17) is 4.52 Å². The van der Waals surface area contributed by atoms with Crippen LogP contribution in [0.5, 0.6) is 0 Å². The SMILES string of the molecule is C1CCC(c2nc(C3CCCN3)no2)SC1. The standard InChI is InChI=1S/C11H17N3OS/c1-2-7-16-9(5-1)11-13-10(14-15-11)8-4-3-6-12-8/h8-9,12H,1-7H2. The first-order valence-corrected chi connectivity index (χ1v) is 7.17. The fraction of sp³-hybridized carbons (Fsp3) is 0.818. The number of aromatic nitrogens is 2. The molecule has 0 radical (unpaired) electrons. The van der Waals surface area contributed by atoms with Crippen LogP contribution in [0.3, 0.4) is 0 Å². The van der Waals surface area contributed by atoms with Crippen molar-refractivity contribution in [2.24, 2.45) is 0 Å². The number of hydrogen-bond donors (Lipinski definition) is 1. The lowest BCUT2D eigenvalue weighted by molar-refractivity contribution is 0.360. The molecule has 3 rings (SSSR count). The van der Waals surface area contributed by atoms with Gasteiger partial charge in [0.25, 0.3) is 0 Å². The van der Waals surface area contributed by atoms with E-state index in [2.05, 4.69) is 15.5 Å². The number of hydrogen-bond acceptors (Lipinski definition) is 5. The Labute approximate surface area is 99.6 Å². The van der Waals surface area contributed by atoms with Crippen molar-refractivity contribution in [2.75, 3.05) is 12.3 Å². The van der Waals surface area contributed by atoms with Crippen LogP contribution in [0.15, 0.2) is 4.52 Å². The predicted molar refractivity (Wildman–Crippen MR) is 63.3 cm³/mol. The maximum Gasteiger partial charge on any atom is 0.239 e. The lowest BCUT2D eigenvalue weighted by Crippen LogP contribution is -2.14. The molecule has 1 aromatic rings. The number of nitrogens with zero attached hydrogens (tertiary/aromatic N) is 2. The first-order chi connectivity index (χ1) is 7.93. The van der Waals surface area contributed by atoms with Crippen LogP contribution in [-0.4, -0.2) is 22.4 Å². The minimum atomic E-state index is 0.325. The first kappa shape index (κ1) is 10.6. The summed E-state index contributed by atoms with van der Waals surface area (Å²) in [6.45, 7) is 1.08. The van der Waals surface area contributed by atoms with Gasteiger partial charge < -0.3 is 9.84 Å². The molecule has 1 aromatic heterocycles. The molecule has 0 aromatic carbocycles. The zero-order chi connectivity index (χ0) is 10.8. The van der Waals surface area contributed by atoms with Crippen LogP contribution >= 0.6 is 11.8 Å². The van der Waals surface area contributed by atoms with E-state index in [0.717, 1.165) is 24.7 Å². The molecule has 0 spiro atoms. The monoisotopic (exact) mass is 239 g/mol. The molecule has 0 bridgehead atoms. The molecule has 3 heterocycles. The van der Waals surface area contributed by atoms with Gasteiger partial charge in [0.1, 0.15) is 0 Å². The molecular weight excluding hydrogens is 222 g/mol. The Morgan fingerprint density at radius 1 is 1.25 bits per heavy atom. The summed E-state index contributed by atoms with van der Waals surface area (Å²) < 4.78 is 5.39. The van der Waals surface area contributed by atoms with Crippen molar-refractivity contribution < 1.29 is 4.52 Å². The molecule has 2 saturated heterocycles. The third-order valence-corrected chi connectivity index (χ3v) is 4.65. The van der Waals surface area contributed by atoms with Crippen LogP contribution in [0.4, 0.5) is 0 Å². The van der Waals surface area contributed by atoms with E-state index in [9.17, 15) is 0 Å². The Morgan fingerprint density at radius 3 is 3.00 bits per heavy atom. The highest BCUT2D eigenvalue weighted by atomic mass is 32.2. The van der Waals surface area contributed by atoms with Gasteiger partial charge in [-0.2, -0.15) is 4.98 Å². The van der Waals surface area contributed by atoms with Gasteiger partial charge in [0.2, 0.25) is 5.89 Å². The van der Waals surface area contributed by atoms with Crippen molar-refractivity contribution in [1.82, 2.24) is 15.5 Å². The average molecular weight is 239 g/mol. The Hall–Kier alpha value is -0.550. The van der Waals surface area contributed by atoms with Gasteiger partial charge in [-0.3, -0.25) is 0 Å². The van der Waals surface area contributed by atoms with Gasteiger partial charge in [-0.1, -0.05) is 11.6 Å². The molecule has 2 aliphatic rings. The van der Waals surface area contributed by atoms with Crippen LogP contribution in [0.25, 0.3) is 0 Å². The van der Waals surface area contributed by atoms with Crippen LogP contribution in [0, 0.1) is 0 Å². The molecular formula is C11H17N3OS. The summed E-state index contributed by atoms with van der Waals surface area (Å²) in [5, 5.41) is 7.95. The molecule has 0 amide bonds. The topological polar surface area (TPSA) is 51.0 Å². The van der Waals surface area contributed by atoms with Gasteiger partial charge in [-0.05, 0) is 38.0 Å². The van der Waals surface area contributed by atoms with Crippen LogP contribution < -0.4 is 5.32 Å². The molecule has 0 saturated carbocycles. The summed E-state index contributed by atoms with van der Waals surface area (Å²) in [5.74, 6) is 2.93. The second-order valence-electron chi connectivity index (χ2n) is 4.49.